The van der Waals surface area contributed by atoms with Gasteiger partial charge in [0, 0.05) is 17.4 Å². The van der Waals surface area contributed by atoms with Crippen LogP contribution in [0.25, 0.3) is 23.0 Å². The highest BCUT2D eigenvalue weighted by atomic mass is 35.5. The molecular formula is C14H10Cl2N4O. The summed E-state index contributed by atoms with van der Waals surface area (Å²) in [4.78, 5) is 8.42. The number of benzene rings is 1. The smallest absolute Gasteiger partial charge is 0.258 e. The third-order valence-corrected chi connectivity index (χ3v) is 3.46. The molecule has 0 spiro atoms. The number of nitrogens with two attached hydrogens (primary N) is 1. The van der Waals surface area contributed by atoms with E-state index in [1.807, 2.05) is 19.1 Å². The lowest BCUT2D eigenvalue weighted by Gasteiger charge is -2.00. The molecule has 0 radical (unpaired) electrons. The van der Waals surface area contributed by atoms with Crippen LogP contribution in [0, 0.1) is 6.92 Å². The molecule has 0 amide bonds. The number of anilines is 1. The molecule has 0 aliphatic rings. The lowest BCUT2D eigenvalue weighted by molar-refractivity contribution is 0.432. The first kappa shape index (κ1) is 13.9. The maximum atomic E-state index is 6.08. The third kappa shape index (κ3) is 2.70. The topological polar surface area (TPSA) is 77.8 Å². The number of hydrogen-bond donors (Lipinski definition) is 1. The third-order valence-electron chi connectivity index (χ3n) is 2.96. The first-order chi connectivity index (χ1) is 10.0. The van der Waals surface area contributed by atoms with E-state index in [0.29, 0.717) is 33.1 Å². The molecule has 0 bridgehead atoms. The summed E-state index contributed by atoms with van der Waals surface area (Å²) in [6.07, 6.45) is 1.48. The predicted molar refractivity (Wildman–Crippen MR) is 82.1 cm³/mol. The molecule has 0 unspecified atom stereocenters. The lowest BCUT2D eigenvalue weighted by Crippen LogP contribution is -1.90. The van der Waals surface area contributed by atoms with E-state index >= 15 is 0 Å². The SMILES string of the molecule is Cc1cc(-c2nc(-c3ncc(Cl)cc3Cl)no2)ccc1N. The van der Waals surface area contributed by atoms with Gasteiger partial charge in [-0.3, -0.25) is 0 Å². The second kappa shape index (κ2) is 5.35. The Labute approximate surface area is 130 Å². The van der Waals surface area contributed by atoms with E-state index in [0.717, 1.165) is 11.1 Å². The average Bonchev–Trinajstić information content (AvgIpc) is 2.91. The van der Waals surface area contributed by atoms with Crippen LogP contribution in [0.4, 0.5) is 5.69 Å². The fraction of sp³-hybridized carbons (Fsp3) is 0.0714. The summed E-state index contributed by atoms with van der Waals surface area (Å²) >= 11 is 11.9. The first-order valence-electron chi connectivity index (χ1n) is 6.06. The van der Waals surface area contributed by atoms with Crippen molar-refractivity contribution in [3.63, 3.8) is 0 Å². The highest BCUT2D eigenvalue weighted by Gasteiger charge is 2.15. The van der Waals surface area contributed by atoms with Gasteiger partial charge in [-0.2, -0.15) is 4.98 Å². The van der Waals surface area contributed by atoms with Crippen LogP contribution in [-0.4, -0.2) is 15.1 Å². The normalized spacial score (nSPS) is 10.8. The number of hydrogen-bond acceptors (Lipinski definition) is 5. The number of halogens is 2. The summed E-state index contributed by atoms with van der Waals surface area (Å²) in [6, 6.07) is 7.07. The van der Waals surface area contributed by atoms with Crippen molar-refractivity contribution in [1.29, 1.82) is 0 Å². The molecule has 0 saturated carbocycles. The Morgan fingerprint density at radius 2 is 2.00 bits per heavy atom. The van der Waals surface area contributed by atoms with Crippen molar-refractivity contribution in [2.45, 2.75) is 6.92 Å². The van der Waals surface area contributed by atoms with Crippen LogP contribution in [0.2, 0.25) is 10.0 Å². The van der Waals surface area contributed by atoms with Gasteiger partial charge in [0.2, 0.25) is 5.82 Å². The van der Waals surface area contributed by atoms with Crippen LogP contribution in [0.1, 0.15) is 5.56 Å². The molecule has 0 atom stereocenters. The number of aryl methyl sites for hydroxylation is 1. The Morgan fingerprint density at radius 1 is 1.19 bits per heavy atom. The van der Waals surface area contributed by atoms with E-state index < -0.39 is 0 Å². The van der Waals surface area contributed by atoms with Gasteiger partial charge in [-0.05, 0) is 36.8 Å². The van der Waals surface area contributed by atoms with E-state index in [2.05, 4.69) is 15.1 Å². The van der Waals surface area contributed by atoms with Gasteiger partial charge in [0.05, 0.1) is 10.0 Å². The molecule has 0 fully saturated rings. The summed E-state index contributed by atoms with van der Waals surface area (Å²) in [7, 11) is 0. The second-order valence-electron chi connectivity index (χ2n) is 4.48. The molecule has 0 aliphatic heterocycles. The highest BCUT2D eigenvalue weighted by molar-refractivity contribution is 6.35. The number of pyridine rings is 1. The Bertz CT molecular complexity index is 816. The number of aromatic nitrogens is 3. The van der Waals surface area contributed by atoms with Crippen molar-refractivity contribution in [2.75, 3.05) is 5.73 Å². The highest BCUT2D eigenvalue weighted by Crippen LogP contribution is 2.28. The van der Waals surface area contributed by atoms with Crippen LogP contribution >= 0.6 is 23.2 Å². The minimum atomic E-state index is 0.307. The Hall–Kier alpha value is -2.11. The molecule has 0 aliphatic carbocycles. The van der Waals surface area contributed by atoms with E-state index in [-0.39, 0.29) is 0 Å². The van der Waals surface area contributed by atoms with Crippen LogP contribution < -0.4 is 5.73 Å². The van der Waals surface area contributed by atoms with Gasteiger partial charge < -0.3 is 10.3 Å². The van der Waals surface area contributed by atoms with Crippen molar-refractivity contribution in [3.8, 4) is 23.0 Å². The molecule has 2 heterocycles. The second-order valence-corrected chi connectivity index (χ2v) is 5.32. The Kier molecular flexibility index (Phi) is 3.53. The quantitative estimate of drug-likeness (QED) is 0.722. The average molecular weight is 321 g/mol. The monoisotopic (exact) mass is 320 g/mol. The molecular weight excluding hydrogens is 311 g/mol. The molecule has 5 nitrogen and oxygen atoms in total. The zero-order valence-corrected chi connectivity index (χ0v) is 12.5. The van der Waals surface area contributed by atoms with Crippen LogP contribution in [0.15, 0.2) is 35.0 Å². The van der Waals surface area contributed by atoms with Crippen molar-refractivity contribution in [2.24, 2.45) is 0 Å². The molecule has 1 aromatic carbocycles. The molecule has 21 heavy (non-hydrogen) atoms. The molecule has 106 valence electrons. The fourth-order valence-electron chi connectivity index (χ4n) is 1.82. The number of nitrogens with zero attached hydrogens (tertiary/aromatic N) is 3. The predicted octanol–water partition coefficient (Wildman–Crippen LogP) is 4.00. The van der Waals surface area contributed by atoms with Crippen molar-refractivity contribution < 1.29 is 4.52 Å². The van der Waals surface area contributed by atoms with Gasteiger partial charge in [0.15, 0.2) is 0 Å². The summed E-state index contributed by atoms with van der Waals surface area (Å²) < 4.78 is 5.25. The maximum Gasteiger partial charge on any atom is 0.258 e. The molecule has 2 aromatic heterocycles. The molecule has 2 N–H and O–H groups in total. The van der Waals surface area contributed by atoms with Crippen LogP contribution in [-0.2, 0) is 0 Å². The van der Waals surface area contributed by atoms with Gasteiger partial charge in [-0.15, -0.1) is 0 Å². The van der Waals surface area contributed by atoms with Crippen molar-refractivity contribution in [1.82, 2.24) is 15.1 Å². The minimum Gasteiger partial charge on any atom is -0.399 e. The first-order valence-corrected chi connectivity index (χ1v) is 6.82. The van der Waals surface area contributed by atoms with E-state index in [9.17, 15) is 0 Å². The summed E-state index contributed by atoms with van der Waals surface area (Å²) in [5.41, 5.74) is 8.64. The summed E-state index contributed by atoms with van der Waals surface area (Å²) in [6.45, 7) is 1.91. The zero-order chi connectivity index (χ0) is 15.0. The maximum absolute atomic E-state index is 6.08. The zero-order valence-electron chi connectivity index (χ0n) is 11.0. The van der Waals surface area contributed by atoms with Gasteiger partial charge in [-0.1, -0.05) is 28.4 Å². The van der Waals surface area contributed by atoms with Crippen LogP contribution in [0.3, 0.4) is 0 Å². The molecule has 0 saturated heterocycles. The minimum absolute atomic E-state index is 0.307. The lowest BCUT2D eigenvalue weighted by atomic mass is 10.1. The van der Waals surface area contributed by atoms with E-state index in [1.165, 1.54) is 6.20 Å². The molecule has 3 aromatic rings. The van der Waals surface area contributed by atoms with Crippen LogP contribution in [0.5, 0.6) is 0 Å². The summed E-state index contributed by atoms with van der Waals surface area (Å²) in [5.74, 6) is 0.682. The van der Waals surface area contributed by atoms with E-state index in [4.69, 9.17) is 33.5 Å². The van der Waals surface area contributed by atoms with Gasteiger partial charge in [-0.25, -0.2) is 4.98 Å². The van der Waals surface area contributed by atoms with Gasteiger partial charge >= 0.3 is 0 Å². The number of nitrogen functional groups attached to an aromatic ring is 1. The Balaban J connectivity index is 2.01. The van der Waals surface area contributed by atoms with E-state index in [1.54, 1.807) is 12.1 Å². The molecule has 3 rings (SSSR count). The van der Waals surface area contributed by atoms with Crippen molar-refractivity contribution in [3.05, 3.63) is 46.1 Å². The summed E-state index contributed by atoms with van der Waals surface area (Å²) in [5, 5.41) is 4.71. The van der Waals surface area contributed by atoms with Gasteiger partial charge in [0.25, 0.3) is 5.89 Å². The van der Waals surface area contributed by atoms with Gasteiger partial charge in [0.1, 0.15) is 5.69 Å². The largest absolute Gasteiger partial charge is 0.399 e. The Morgan fingerprint density at radius 3 is 2.71 bits per heavy atom. The molecule has 7 heteroatoms. The fourth-order valence-corrected chi connectivity index (χ4v) is 2.29. The standard InChI is InChI=1S/C14H10Cl2N4O/c1-7-4-8(2-3-11(7)17)14-19-13(20-21-14)12-10(16)5-9(15)6-18-12/h2-6H,17H2,1H3. The number of rotatable bonds is 2. The van der Waals surface area contributed by atoms with Crippen molar-refractivity contribution >= 4 is 28.9 Å².